The lowest BCUT2D eigenvalue weighted by molar-refractivity contribution is 0.0604. The fourth-order valence-corrected chi connectivity index (χ4v) is 9.57. The van der Waals surface area contributed by atoms with Crippen LogP contribution in [0, 0.1) is 0 Å². The largest absolute Gasteiger partial charge is 0.467 e. The number of carbonyl (C=O) groups excluding carboxylic acids is 4. The van der Waals surface area contributed by atoms with Gasteiger partial charge in [0.1, 0.15) is 11.0 Å². The van der Waals surface area contributed by atoms with Gasteiger partial charge in [-0.15, -0.1) is 0 Å². The molecule has 12 aromatic rings. The fraction of sp³-hybridized carbons (Fsp3) is 0.206. The molecule has 0 saturated heterocycles. The Hall–Kier alpha value is -12.1. The van der Waals surface area contributed by atoms with Crippen molar-refractivity contribution in [3.63, 3.8) is 0 Å². The molecule has 0 fully saturated rings. The van der Waals surface area contributed by atoms with Gasteiger partial charge in [0.05, 0.1) is 70.2 Å². The third kappa shape index (κ3) is 15.0. The minimum atomic E-state index is -0.999. The molecule has 0 unspecified atom stereocenters. The molecule has 9 aromatic heterocycles. The highest BCUT2D eigenvalue weighted by atomic mass is 16.5. The molecular formula is C63H66N22O7. The Bertz CT molecular complexity index is 4630. The maximum Gasteiger partial charge on any atom is 0.321 e. The number of rotatable bonds is 16. The van der Waals surface area contributed by atoms with E-state index in [-0.39, 0.29) is 36.1 Å². The van der Waals surface area contributed by atoms with Crippen LogP contribution in [0.3, 0.4) is 0 Å². The number of urea groups is 3. The lowest BCUT2D eigenvalue weighted by atomic mass is 10.0. The van der Waals surface area contributed by atoms with E-state index >= 15 is 0 Å². The Kier molecular flexibility index (Phi) is 19.1. The second kappa shape index (κ2) is 27.9. The van der Waals surface area contributed by atoms with E-state index in [0.717, 1.165) is 44.6 Å². The molecule has 9 heterocycles. The van der Waals surface area contributed by atoms with Crippen molar-refractivity contribution in [2.45, 2.75) is 46.8 Å². The van der Waals surface area contributed by atoms with Gasteiger partial charge in [-0.25, -0.2) is 48.7 Å². The summed E-state index contributed by atoms with van der Waals surface area (Å²) in [5, 5.41) is 34.8. The highest BCUT2D eigenvalue weighted by Gasteiger charge is 2.21. The number of nitrogens with one attached hydrogen (secondary N) is 9. The van der Waals surface area contributed by atoms with Gasteiger partial charge in [0.15, 0.2) is 0 Å². The van der Waals surface area contributed by atoms with Crippen LogP contribution in [0.25, 0.3) is 89.1 Å². The van der Waals surface area contributed by atoms with Crippen LogP contribution >= 0.6 is 0 Å². The maximum atomic E-state index is 12.6. The molecule has 0 bridgehead atoms. The topological polar surface area (TPSA) is 368 Å². The lowest BCUT2D eigenvalue weighted by Crippen LogP contribution is -2.32. The Labute approximate surface area is 525 Å². The minimum absolute atomic E-state index is 0.147. The lowest BCUT2D eigenvalue weighted by Gasteiger charge is -2.18. The van der Waals surface area contributed by atoms with E-state index < -0.39 is 5.60 Å². The summed E-state index contributed by atoms with van der Waals surface area (Å²) in [6.07, 6.45) is 16.9. The molecule has 0 saturated carbocycles. The first-order chi connectivity index (χ1) is 44.4. The molecule has 0 aliphatic heterocycles. The number of amides is 7. The summed E-state index contributed by atoms with van der Waals surface area (Å²) in [7, 11) is 4.90. The number of hydrogen-bond donors (Lipinski definition) is 10. The molecule has 0 atom stereocenters. The van der Waals surface area contributed by atoms with Crippen LogP contribution in [-0.4, -0.2) is 154 Å². The first kappa shape index (κ1) is 62.9. The van der Waals surface area contributed by atoms with Crippen LogP contribution in [0.2, 0.25) is 0 Å². The number of ether oxygens (including phenoxy) is 1. The van der Waals surface area contributed by atoms with Crippen molar-refractivity contribution in [2.75, 3.05) is 56.8 Å². The minimum Gasteiger partial charge on any atom is -0.467 e. The molecule has 10 N–H and O–H groups in total. The van der Waals surface area contributed by atoms with Crippen LogP contribution in [0.5, 0.6) is 6.01 Å². The van der Waals surface area contributed by atoms with Crippen molar-refractivity contribution in [3.8, 4) is 62.0 Å². The van der Waals surface area contributed by atoms with E-state index in [9.17, 15) is 29.1 Å². The molecule has 0 aliphatic rings. The molecule has 0 spiro atoms. The number of aliphatic hydroxyl groups is 1. The first-order valence-corrected chi connectivity index (χ1v) is 29.0. The zero-order chi connectivity index (χ0) is 65.1. The first-order valence-electron chi connectivity index (χ1n) is 29.0. The molecule has 470 valence electrons. The summed E-state index contributed by atoms with van der Waals surface area (Å²) in [4.78, 5) is 102. The monoisotopic (exact) mass is 1240 g/mol. The van der Waals surface area contributed by atoms with Gasteiger partial charge in [0.2, 0.25) is 17.8 Å². The van der Waals surface area contributed by atoms with E-state index in [1.807, 2.05) is 93.6 Å². The number of H-pyrrole nitrogens is 3. The van der Waals surface area contributed by atoms with E-state index in [2.05, 4.69) is 91.9 Å². The summed E-state index contributed by atoms with van der Waals surface area (Å²) in [6, 6.07) is 25.4. The predicted molar refractivity (Wildman–Crippen MR) is 349 cm³/mol. The molecule has 12 rings (SSSR count). The highest BCUT2D eigenvalue weighted by molar-refractivity contribution is 5.99. The molecule has 7 amide bonds. The summed E-state index contributed by atoms with van der Waals surface area (Å²) in [5.74, 6) is 0.817. The van der Waals surface area contributed by atoms with Crippen LogP contribution in [0.1, 0.15) is 45.0 Å². The van der Waals surface area contributed by atoms with Crippen molar-refractivity contribution >= 4 is 74.9 Å². The predicted octanol–water partition coefficient (Wildman–Crippen LogP) is 8.38. The second-order valence-electron chi connectivity index (χ2n) is 21.3. The molecule has 29 nitrogen and oxygen atoms in total. The number of imidazole rings is 3. The molecule has 0 aliphatic carbocycles. The number of anilines is 3. The van der Waals surface area contributed by atoms with Gasteiger partial charge < -0.3 is 50.2 Å². The van der Waals surface area contributed by atoms with Crippen molar-refractivity contribution < 1.29 is 29.0 Å². The van der Waals surface area contributed by atoms with Crippen molar-refractivity contribution in [1.82, 2.24) is 94.8 Å². The SMILES string of the molecule is CCNC(=O)Nc1nc2c(-c3ccccn3)cc(-c3cnc(OC)nc3)cc2[nH]1.CCNC(=O)Nc1nc2c(-n3cc(C(=O)N(C)C)cn3)cc(-c3cccnc3)cc2[nH]1.CCNC(=O)Nc1nc2c(-n3cccn3)cc(-c3ccn(CC(C)(C)O)c(=O)c3)cc2[nH]1. The Morgan fingerprint density at radius 2 is 1.16 bits per heavy atom. The molecule has 3 aromatic carbocycles. The van der Waals surface area contributed by atoms with Gasteiger partial charge in [0, 0.05) is 112 Å². The van der Waals surface area contributed by atoms with Gasteiger partial charge in [-0.1, -0.05) is 12.1 Å². The zero-order valence-corrected chi connectivity index (χ0v) is 51.4. The van der Waals surface area contributed by atoms with E-state index in [4.69, 9.17) is 4.74 Å². The number of pyridine rings is 3. The molecule has 29 heteroatoms. The third-order valence-corrected chi connectivity index (χ3v) is 13.6. The maximum absolute atomic E-state index is 12.6. The van der Waals surface area contributed by atoms with E-state index in [1.165, 1.54) is 28.8 Å². The standard InChI is InChI=1S/C22H25N7O3.C21H22N8O2.C20H19N7O2/c1-4-23-21(31)27-20-25-16-10-15(11-17(19(16)26-20)29-8-5-7-24-29)14-6-9-28(18(30)12-14)13-22(2,3)32;1-4-23-21(31)27-20-25-16-8-14(13-6-5-7-22-10-13)9-17(18(16)26-20)29-12-15(11-24-29)19(30)28(2)3;1-3-21-19(28)27-18-25-16-9-12(13-10-23-20(29-2)24-11-13)8-14(17(16)26-18)15-6-4-5-7-22-15/h5-12,32H,4,13H2,1-3H3,(H3,23,25,26,27,31);5-12H,4H2,1-3H3,(H3,23,25,26,27,31);4-11H,3H2,1-2H3,(H3,21,25,26,27,28). The van der Waals surface area contributed by atoms with Crippen LogP contribution in [0.15, 0.2) is 152 Å². The number of carbonyl (C=O) groups is 4. The van der Waals surface area contributed by atoms with Crippen LogP contribution in [-0.2, 0) is 6.54 Å². The Balaban J connectivity index is 0.000000151. The highest BCUT2D eigenvalue weighted by Crippen LogP contribution is 2.34. The van der Waals surface area contributed by atoms with Gasteiger partial charge in [-0.2, -0.15) is 10.2 Å². The Morgan fingerprint density at radius 3 is 1.67 bits per heavy atom. The molecular weight excluding hydrogens is 1180 g/mol. The number of methoxy groups -OCH3 is 1. The summed E-state index contributed by atoms with van der Waals surface area (Å²) in [5.41, 5.74) is 11.3. The van der Waals surface area contributed by atoms with Crippen LogP contribution < -0.4 is 42.2 Å². The number of fused-ring (bicyclic) bond motifs is 3. The molecule has 0 radical (unpaired) electrons. The van der Waals surface area contributed by atoms with Crippen LogP contribution in [0.4, 0.5) is 32.2 Å². The van der Waals surface area contributed by atoms with Gasteiger partial charge in [-0.05, 0) is 124 Å². The Morgan fingerprint density at radius 1 is 0.587 bits per heavy atom. The quantitative estimate of drug-likeness (QED) is 0.0434. The van der Waals surface area contributed by atoms with E-state index in [0.29, 0.717) is 93.6 Å². The van der Waals surface area contributed by atoms with Gasteiger partial charge in [-0.3, -0.25) is 35.5 Å². The normalized spacial score (nSPS) is 11.1. The summed E-state index contributed by atoms with van der Waals surface area (Å²) in [6.45, 7) is 10.5. The van der Waals surface area contributed by atoms with E-state index in [1.54, 1.807) is 99.1 Å². The number of aromatic amines is 3. The third-order valence-electron chi connectivity index (χ3n) is 13.6. The van der Waals surface area contributed by atoms with Gasteiger partial charge in [0.25, 0.3) is 11.5 Å². The summed E-state index contributed by atoms with van der Waals surface area (Å²) < 4.78 is 9.79. The number of aromatic nitrogens is 15. The number of benzene rings is 3. The van der Waals surface area contributed by atoms with Crippen molar-refractivity contribution in [3.05, 3.63) is 163 Å². The number of nitrogens with zero attached hydrogens (tertiary/aromatic N) is 13. The second-order valence-corrected chi connectivity index (χ2v) is 21.3. The summed E-state index contributed by atoms with van der Waals surface area (Å²) >= 11 is 0. The number of hydrogen-bond acceptors (Lipinski definition) is 16. The van der Waals surface area contributed by atoms with Crippen molar-refractivity contribution in [2.24, 2.45) is 0 Å². The smallest absolute Gasteiger partial charge is 0.321 e. The average Bonchev–Trinajstić information content (AvgIpc) is 1.62. The zero-order valence-electron chi connectivity index (χ0n) is 51.4. The molecule has 92 heavy (non-hydrogen) atoms. The average molecular weight is 1240 g/mol. The van der Waals surface area contributed by atoms with Gasteiger partial charge >= 0.3 is 24.1 Å². The van der Waals surface area contributed by atoms with Crippen molar-refractivity contribution in [1.29, 1.82) is 0 Å². The fourth-order valence-electron chi connectivity index (χ4n) is 9.57.